The molecule has 2 rings (SSSR count). The number of amides is 1. The van der Waals surface area contributed by atoms with Gasteiger partial charge in [-0.3, -0.25) is 4.79 Å². The second-order valence-corrected chi connectivity index (χ2v) is 5.62. The summed E-state index contributed by atoms with van der Waals surface area (Å²) in [6.45, 7) is 5.67. The van der Waals surface area contributed by atoms with Gasteiger partial charge < -0.3 is 4.90 Å². The number of carbonyl (C=O) groups is 1. The summed E-state index contributed by atoms with van der Waals surface area (Å²) in [6, 6.07) is 7.14. The molecule has 0 spiro atoms. The van der Waals surface area contributed by atoms with Gasteiger partial charge in [-0.2, -0.15) is 5.26 Å². The van der Waals surface area contributed by atoms with Crippen molar-refractivity contribution in [2.75, 3.05) is 0 Å². The van der Waals surface area contributed by atoms with Gasteiger partial charge in [0, 0.05) is 24.6 Å². The SMILES string of the molecule is C=CC(=O)N(Cc1cc(C)ccc1F)C1CC(CC#N)C1. The number of halogens is 1. The molecule has 0 saturated heterocycles. The second-order valence-electron chi connectivity index (χ2n) is 5.62. The molecular formula is C17H19FN2O. The standard InChI is InChI=1S/C17H19FN2O/c1-3-17(21)20(15-9-13(10-15)6-7-19)11-14-8-12(2)4-5-16(14)18/h3-5,8,13,15H,1,6,9-11H2,2H3. The molecule has 0 aromatic heterocycles. The summed E-state index contributed by atoms with van der Waals surface area (Å²) in [4.78, 5) is 13.7. The lowest BCUT2D eigenvalue weighted by Gasteiger charge is -2.42. The maximum atomic E-state index is 13.9. The van der Waals surface area contributed by atoms with E-state index in [1.54, 1.807) is 17.0 Å². The monoisotopic (exact) mass is 286 g/mol. The van der Waals surface area contributed by atoms with Gasteiger partial charge in [-0.25, -0.2) is 4.39 Å². The zero-order chi connectivity index (χ0) is 15.4. The first-order valence-corrected chi connectivity index (χ1v) is 7.10. The van der Waals surface area contributed by atoms with E-state index in [2.05, 4.69) is 12.6 Å². The summed E-state index contributed by atoms with van der Waals surface area (Å²) in [5.74, 6) is -0.130. The summed E-state index contributed by atoms with van der Waals surface area (Å²) in [5.41, 5.74) is 1.49. The Morgan fingerprint density at radius 3 is 2.90 bits per heavy atom. The quantitative estimate of drug-likeness (QED) is 0.779. The van der Waals surface area contributed by atoms with Crippen molar-refractivity contribution in [3.05, 3.63) is 47.8 Å². The molecule has 0 atom stereocenters. The van der Waals surface area contributed by atoms with E-state index >= 15 is 0 Å². The lowest BCUT2D eigenvalue weighted by atomic mass is 9.77. The first-order valence-electron chi connectivity index (χ1n) is 7.10. The second kappa shape index (κ2) is 6.53. The van der Waals surface area contributed by atoms with E-state index in [4.69, 9.17) is 5.26 Å². The van der Waals surface area contributed by atoms with Crippen LogP contribution < -0.4 is 0 Å². The fourth-order valence-corrected chi connectivity index (χ4v) is 2.76. The van der Waals surface area contributed by atoms with Crippen LogP contribution in [0, 0.1) is 30.0 Å². The van der Waals surface area contributed by atoms with Crippen LogP contribution in [0.5, 0.6) is 0 Å². The van der Waals surface area contributed by atoms with Crippen LogP contribution in [0.25, 0.3) is 0 Å². The predicted molar refractivity (Wildman–Crippen MR) is 78.6 cm³/mol. The van der Waals surface area contributed by atoms with Crippen molar-refractivity contribution in [3.8, 4) is 6.07 Å². The number of hydrogen-bond acceptors (Lipinski definition) is 2. The van der Waals surface area contributed by atoms with E-state index in [9.17, 15) is 9.18 Å². The summed E-state index contributed by atoms with van der Waals surface area (Å²) >= 11 is 0. The number of rotatable bonds is 5. The Balaban J connectivity index is 2.11. The fraction of sp³-hybridized carbons (Fsp3) is 0.412. The third-order valence-corrected chi connectivity index (χ3v) is 4.03. The van der Waals surface area contributed by atoms with E-state index in [1.165, 1.54) is 12.1 Å². The highest BCUT2D eigenvalue weighted by Crippen LogP contribution is 2.35. The molecule has 0 aliphatic heterocycles. The molecule has 1 fully saturated rings. The first-order chi connectivity index (χ1) is 10.0. The molecule has 1 amide bonds. The summed E-state index contributed by atoms with van der Waals surface area (Å²) < 4.78 is 13.9. The Kier molecular flexibility index (Phi) is 4.74. The molecule has 0 unspecified atom stereocenters. The van der Waals surface area contributed by atoms with Crippen LogP contribution in [0.1, 0.15) is 30.4 Å². The molecule has 1 aliphatic carbocycles. The van der Waals surface area contributed by atoms with Gasteiger partial charge in [-0.1, -0.05) is 24.3 Å². The minimum atomic E-state index is -0.296. The predicted octanol–water partition coefficient (Wildman–Crippen LogP) is 3.34. The number of nitrogens with zero attached hydrogens (tertiary/aromatic N) is 2. The van der Waals surface area contributed by atoms with Crippen molar-refractivity contribution in [2.24, 2.45) is 5.92 Å². The van der Waals surface area contributed by atoms with E-state index in [1.807, 2.05) is 6.92 Å². The summed E-state index contributed by atoms with van der Waals surface area (Å²) in [7, 11) is 0. The number of aryl methyl sites for hydroxylation is 1. The van der Waals surface area contributed by atoms with Crippen molar-refractivity contribution < 1.29 is 9.18 Å². The van der Waals surface area contributed by atoms with Crippen molar-refractivity contribution in [1.82, 2.24) is 4.90 Å². The van der Waals surface area contributed by atoms with Crippen LogP contribution in [0.15, 0.2) is 30.9 Å². The maximum Gasteiger partial charge on any atom is 0.246 e. The lowest BCUT2D eigenvalue weighted by molar-refractivity contribution is -0.131. The van der Waals surface area contributed by atoms with Crippen molar-refractivity contribution in [1.29, 1.82) is 5.26 Å². The smallest absolute Gasteiger partial charge is 0.246 e. The Hall–Kier alpha value is -2.15. The van der Waals surface area contributed by atoms with Crippen molar-refractivity contribution >= 4 is 5.91 Å². The number of hydrogen-bond donors (Lipinski definition) is 0. The normalized spacial score (nSPS) is 20.2. The molecule has 110 valence electrons. The van der Waals surface area contributed by atoms with Gasteiger partial charge in [0.05, 0.1) is 6.07 Å². The van der Waals surface area contributed by atoms with Crippen LogP contribution in [-0.2, 0) is 11.3 Å². The highest BCUT2D eigenvalue weighted by atomic mass is 19.1. The molecular weight excluding hydrogens is 267 g/mol. The Labute approximate surface area is 124 Å². The molecule has 21 heavy (non-hydrogen) atoms. The third kappa shape index (κ3) is 3.49. The topological polar surface area (TPSA) is 44.1 Å². The zero-order valence-electron chi connectivity index (χ0n) is 12.2. The minimum absolute atomic E-state index is 0.0776. The Morgan fingerprint density at radius 2 is 2.29 bits per heavy atom. The molecule has 0 heterocycles. The molecule has 0 bridgehead atoms. The van der Waals surface area contributed by atoms with Crippen molar-refractivity contribution in [3.63, 3.8) is 0 Å². The van der Waals surface area contributed by atoms with E-state index < -0.39 is 0 Å². The van der Waals surface area contributed by atoms with Crippen LogP contribution in [0.3, 0.4) is 0 Å². The molecule has 3 nitrogen and oxygen atoms in total. The zero-order valence-corrected chi connectivity index (χ0v) is 12.2. The maximum absolute atomic E-state index is 13.9. The van der Waals surface area contributed by atoms with Crippen molar-refractivity contribution in [2.45, 2.75) is 38.8 Å². The summed E-state index contributed by atoms with van der Waals surface area (Å²) in [6.07, 6.45) is 3.40. The fourth-order valence-electron chi connectivity index (χ4n) is 2.76. The molecule has 1 saturated carbocycles. The number of benzene rings is 1. The van der Waals surface area contributed by atoms with Gasteiger partial charge in [0.1, 0.15) is 5.82 Å². The van der Waals surface area contributed by atoms with Gasteiger partial charge in [0.15, 0.2) is 0 Å². The summed E-state index contributed by atoms with van der Waals surface area (Å²) in [5, 5.41) is 8.69. The Bertz CT molecular complexity index is 585. The molecule has 0 radical (unpaired) electrons. The Morgan fingerprint density at radius 1 is 1.57 bits per heavy atom. The molecule has 0 N–H and O–H groups in total. The average Bonchev–Trinajstić information content (AvgIpc) is 2.43. The van der Waals surface area contributed by atoms with Gasteiger partial charge in [0.25, 0.3) is 0 Å². The van der Waals surface area contributed by atoms with Gasteiger partial charge in [-0.15, -0.1) is 0 Å². The largest absolute Gasteiger partial charge is 0.332 e. The molecule has 1 aromatic rings. The van der Waals surface area contributed by atoms with Gasteiger partial charge >= 0.3 is 0 Å². The van der Waals surface area contributed by atoms with Crippen LogP contribution in [0.4, 0.5) is 4.39 Å². The molecule has 1 aliphatic rings. The van der Waals surface area contributed by atoms with Crippen LogP contribution in [0.2, 0.25) is 0 Å². The molecule has 1 aromatic carbocycles. The molecule has 4 heteroatoms. The lowest BCUT2D eigenvalue weighted by Crippen LogP contribution is -2.46. The van der Waals surface area contributed by atoms with E-state index in [0.29, 0.717) is 17.9 Å². The van der Waals surface area contributed by atoms with Gasteiger partial charge in [-0.05, 0) is 37.8 Å². The number of nitriles is 1. The van der Waals surface area contributed by atoms with Crippen LogP contribution in [-0.4, -0.2) is 16.8 Å². The van der Waals surface area contributed by atoms with E-state index in [0.717, 1.165) is 18.4 Å². The third-order valence-electron chi connectivity index (χ3n) is 4.03. The number of carbonyl (C=O) groups excluding carboxylic acids is 1. The first kappa shape index (κ1) is 15.2. The van der Waals surface area contributed by atoms with E-state index in [-0.39, 0.29) is 24.3 Å². The van der Waals surface area contributed by atoms with Crippen LogP contribution >= 0.6 is 0 Å². The minimum Gasteiger partial charge on any atom is -0.332 e. The van der Waals surface area contributed by atoms with Gasteiger partial charge in [0.2, 0.25) is 5.91 Å². The highest BCUT2D eigenvalue weighted by Gasteiger charge is 2.35. The average molecular weight is 286 g/mol. The highest BCUT2D eigenvalue weighted by molar-refractivity contribution is 5.87.